The van der Waals surface area contributed by atoms with Gasteiger partial charge in [0.1, 0.15) is 16.2 Å². The topological polar surface area (TPSA) is 63.9 Å². The molecule has 2 rings (SSSR count). The van der Waals surface area contributed by atoms with Crippen LogP contribution in [0.4, 0.5) is 0 Å². The molecule has 16 heavy (non-hydrogen) atoms. The molecule has 0 bridgehead atoms. The first-order chi connectivity index (χ1) is 7.76. The van der Waals surface area contributed by atoms with Crippen molar-refractivity contribution in [1.29, 1.82) is 0 Å². The number of nitrogens with one attached hydrogen (secondary N) is 1. The number of ether oxygens (including phenoxy) is 1. The maximum atomic E-state index is 5.58. The van der Waals surface area contributed by atoms with E-state index in [4.69, 9.17) is 10.5 Å². The van der Waals surface area contributed by atoms with Gasteiger partial charge in [-0.3, -0.25) is 0 Å². The van der Waals surface area contributed by atoms with Crippen LogP contribution in [0.15, 0.2) is 28.9 Å². The second kappa shape index (κ2) is 4.67. The third kappa shape index (κ3) is 1.96. The molecule has 2 aromatic rings. The van der Waals surface area contributed by atoms with Gasteiger partial charge in [0, 0.05) is 6.54 Å². The summed E-state index contributed by atoms with van der Waals surface area (Å²) in [5.74, 6) is 1.54. The zero-order chi connectivity index (χ0) is 11.5. The summed E-state index contributed by atoms with van der Waals surface area (Å²) in [6, 6.07) is 7.71. The van der Waals surface area contributed by atoms with Crippen LogP contribution in [0.1, 0.15) is 5.69 Å². The van der Waals surface area contributed by atoms with E-state index in [9.17, 15) is 0 Å². The number of halogens is 1. The predicted molar refractivity (Wildman–Crippen MR) is 66.2 cm³/mol. The van der Waals surface area contributed by atoms with Crippen molar-refractivity contribution in [3.63, 3.8) is 0 Å². The Balaban J connectivity index is 2.49. The standard InChI is InChI=1S/C11H12BrN3O/c1-16-9-5-3-2-4-7(9)11-14-8(6-13)10(12)15-11/h2-5H,6,13H2,1H3,(H,14,15). The zero-order valence-electron chi connectivity index (χ0n) is 8.83. The number of aromatic amines is 1. The zero-order valence-corrected chi connectivity index (χ0v) is 10.4. The number of imidazole rings is 1. The lowest BCUT2D eigenvalue weighted by molar-refractivity contribution is 0.416. The molecule has 0 radical (unpaired) electrons. The van der Waals surface area contributed by atoms with Gasteiger partial charge in [0.05, 0.1) is 18.4 Å². The molecular weight excluding hydrogens is 270 g/mol. The van der Waals surface area contributed by atoms with Gasteiger partial charge in [-0.25, -0.2) is 4.98 Å². The molecule has 1 heterocycles. The molecular formula is C11H12BrN3O. The minimum Gasteiger partial charge on any atom is -0.496 e. The van der Waals surface area contributed by atoms with Gasteiger partial charge in [0.15, 0.2) is 0 Å². The third-order valence-electron chi connectivity index (χ3n) is 2.29. The smallest absolute Gasteiger partial charge is 0.142 e. The van der Waals surface area contributed by atoms with Gasteiger partial charge in [0.25, 0.3) is 0 Å². The van der Waals surface area contributed by atoms with Gasteiger partial charge < -0.3 is 15.5 Å². The molecule has 0 unspecified atom stereocenters. The summed E-state index contributed by atoms with van der Waals surface area (Å²) in [4.78, 5) is 7.52. The van der Waals surface area contributed by atoms with Crippen molar-refractivity contribution in [1.82, 2.24) is 9.97 Å². The lowest BCUT2D eigenvalue weighted by Gasteiger charge is -2.04. The molecule has 0 spiro atoms. The lowest BCUT2D eigenvalue weighted by atomic mass is 10.2. The maximum absolute atomic E-state index is 5.58. The van der Waals surface area contributed by atoms with E-state index in [1.54, 1.807) is 7.11 Å². The Kier molecular flexibility index (Phi) is 3.26. The summed E-state index contributed by atoms with van der Waals surface area (Å²) < 4.78 is 6.02. The molecule has 0 aliphatic carbocycles. The van der Waals surface area contributed by atoms with E-state index in [0.717, 1.165) is 27.4 Å². The number of nitrogens with zero attached hydrogens (tertiary/aromatic N) is 1. The second-order valence-corrected chi connectivity index (χ2v) is 4.01. The fourth-order valence-electron chi connectivity index (χ4n) is 1.49. The van der Waals surface area contributed by atoms with Crippen LogP contribution < -0.4 is 10.5 Å². The van der Waals surface area contributed by atoms with Crippen molar-refractivity contribution in [2.45, 2.75) is 6.54 Å². The number of H-pyrrole nitrogens is 1. The van der Waals surface area contributed by atoms with Gasteiger partial charge in [-0.15, -0.1) is 0 Å². The normalized spacial score (nSPS) is 10.4. The minimum absolute atomic E-state index is 0.419. The Morgan fingerprint density at radius 3 is 2.81 bits per heavy atom. The number of para-hydroxylation sites is 1. The van der Waals surface area contributed by atoms with Crippen LogP contribution >= 0.6 is 15.9 Å². The number of aromatic nitrogens is 2. The first-order valence-electron chi connectivity index (χ1n) is 4.84. The molecule has 0 aliphatic rings. The monoisotopic (exact) mass is 281 g/mol. The van der Waals surface area contributed by atoms with Crippen molar-refractivity contribution < 1.29 is 4.74 Å². The average molecular weight is 282 g/mol. The van der Waals surface area contributed by atoms with E-state index in [-0.39, 0.29) is 0 Å². The Labute approximate surface area is 102 Å². The third-order valence-corrected chi connectivity index (χ3v) is 2.95. The fourth-order valence-corrected chi connectivity index (χ4v) is 1.93. The summed E-state index contributed by atoms with van der Waals surface area (Å²) in [5.41, 5.74) is 7.38. The minimum atomic E-state index is 0.419. The molecule has 3 N–H and O–H groups in total. The lowest BCUT2D eigenvalue weighted by Crippen LogP contribution is -1.97. The number of methoxy groups -OCH3 is 1. The van der Waals surface area contributed by atoms with E-state index in [1.165, 1.54) is 0 Å². The molecule has 0 aliphatic heterocycles. The maximum Gasteiger partial charge on any atom is 0.142 e. The first kappa shape index (κ1) is 11.2. The van der Waals surface area contributed by atoms with Crippen LogP contribution in [0.3, 0.4) is 0 Å². The van der Waals surface area contributed by atoms with Crippen molar-refractivity contribution in [2.24, 2.45) is 5.73 Å². The Morgan fingerprint density at radius 2 is 2.19 bits per heavy atom. The molecule has 5 heteroatoms. The van der Waals surface area contributed by atoms with Gasteiger partial charge in [0.2, 0.25) is 0 Å². The Bertz CT molecular complexity index is 496. The molecule has 0 saturated carbocycles. The van der Waals surface area contributed by atoms with Crippen LogP contribution in [-0.4, -0.2) is 17.1 Å². The average Bonchev–Trinajstić information content (AvgIpc) is 2.70. The molecule has 1 aromatic carbocycles. The molecule has 4 nitrogen and oxygen atoms in total. The largest absolute Gasteiger partial charge is 0.496 e. The SMILES string of the molecule is COc1ccccc1-c1nc(Br)c(CN)[nH]1. The van der Waals surface area contributed by atoms with Crippen molar-refractivity contribution >= 4 is 15.9 Å². The van der Waals surface area contributed by atoms with Crippen LogP contribution in [0.2, 0.25) is 0 Å². The van der Waals surface area contributed by atoms with E-state index < -0.39 is 0 Å². The van der Waals surface area contributed by atoms with Crippen LogP contribution in [0.25, 0.3) is 11.4 Å². The van der Waals surface area contributed by atoms with Gasteiger partial charge >= 0.3 is 0 Å². The number of nitrogens with two attached hydrogens (primary N) is 1. The number of rotatable bonds is 3. The van der Waals surface area contributed by atoms with E-state index in [1.807, 2.05) is 24.3 Å². The summed E-state index contributed by atoms with van der Waals surface area (Å²) in [7, 11) is 1.64. The summed E-state index contributed by atoms with van der Waals surface area (Å²) >= 11 is 3.36. The van der Waals surface area contributed by atoms with Crippen molar-refractivity contribution in [3.8, 4) is 17.1 Å². The molecule has 84 valence electrons. The molecule has 0 atom stereocenters. The van der Waals surface area contributed by atoms with E-state index >= 15 is 0 Å². The van der Waals surface area contributed by atoms with Crippen LogP contribution in [0, 0.1) is 0 Å². The quantitative estimate of drug-likeness (QED) is 0.908. The summed E-state index contributed by atoms with van der Waals surface area (Å²) in [6.07, 6.45) is 0. The molecule has 0 amide bonds. The van der Waals surface area contributed by atoms with E-state index in [0.29, 0.717) is 6.54 Å². The molecule has 1 aromatic heterocycles. The number of hydrogen-bond donors (Lipinski definition) is 2. The summed E-state index contributed by atoms with van der Waals surface area (Å²) in [5, 5.41) is 0. The molecule has 0 fully saturated rings. The van der Waals surface area contributed by atoms with E-state index in [2.05, 4.69) is 25.9 Å². The van der Waals surface area contributed by atoms with Crippen LogP contribution in [0.5, 0.6) is 5.75 Å². The fraction of sp³-hybridized carbons (Fsp3) is 0.182. The Morgan fingerprint density at radius 1 is 1.44 bits per heavy atom. The predicted octanol–water partition coefficient (Wildman–Crippen LogP) is 2.31. The summed E-state index contributed by atoms with van der Waals surface area (Å²) in [6.45, 7) is 0.419. The van der Waals surface area contributed by atoms with Gasteiger partial charge in [-0.05, 0) is 28.1 Å². The first-order valence-corrected chi connectivity index (χ1v) is 5.63. The highest BCUT2D eigenvalue weighted by Crippen LogP contribution is 2.29. The van der Waals surface area contributed by atoms with Crippen LogP contribution in [-0.2, 0) is 6.54 Å². The number of hydrogen-bond acceptors (Lipinski definition) is 3. The van der Waals surface area contributed by atoms with Gasteiger partial charge in [-0.2, -0.15) is 0 Å². The Hall–Kier alpha value is -1.33. The highest BCUT2D eigenvalue weighted by atomic mass is 79.9. The molecule has 0 saturated heterocycles. The van der Waals surface area contributed by atoms with Crippen molar-refractivity contribution in [2.75, 3.05) is 7.11 Å². The van der Waals surface area contributed by atoms with Crippen molar-refractivity contribution in [3.05, 3.63) is 34.6 Å². The highest BCUT2D eigenvalue weighted by molar-refractivity contribution is 9.10. The highest BCUT2D eigenvalue weighted by Gasteiger charge is 2.11. The number of benzene rings is 1. The second-order valence-electron chi connectivity index (χ2n) is 3.26. The van der Waals surface area contributed by atoms with Gasteiger partial charge in [-0.1, -0.05) is 12.1 Å².